The first kappa shape index (κ1) is 17.2. The molecule has 2 aromatic heterocycles. The van der Waals surface area contributed by atoms with Gasteiger partial charge in [-0.1, -0.05) is 0 Å². The lowest BCUT2D eigenvalue weighted by atomic mass is 10.1. The van der Waals surface area contributed by atoms with Gasteiger partial charge in [0.05, 0.1) is 19.3 Å². The van der Waals surface area contributed by atoms with Crippen LogP contribution in [0.3, 0.4) is 0 Å². The number of aryl methyl sites for hydroxylation is 1. The molecule has 0 bridgehead atoms. The van der Waals surface area contributed by atoms with E-state index in [0.717, 1.165) is 0 Å². The van der Waals surface area contributed by atoms with Crippen LogP contribution in [0.1, 0.15) is 6.23 Å². The molecular weight excluding hydrogens is 347 g/mol. The summed E-state index contributed by atoms with van der Waals surface area (Å²) in [5.41, 5.74) is -0.195. The van der Waals surface area contributed by atoms with Crippen LogP contribution in [-0.4, -0.2) is 64.0 Å². The normalized spacial score (nSPS) is 27.9. The molecule has 0 saturated carbocycles. The standard InChI is InChI=1S/C11H15N4O8P/c1-14-3-13-9-6(10(14)18)12-4-15(9)11-8(17)7(16)5(23-11)2-22-24(19,20)21/h3-5,7-8,11,16-17H,2H2,1H3,(H2,19,20,21)/t5-,7+,8?,11-/m1/s1. The van der Waals surface area contributed by atoms with Gasteiger partial charge in [-0.05, 0) is 0 Å². The van der Waals surface area contributed by atoms with Crippen LogP contribution < -0.4 is 5.56 Å². The predicted octanol–water partition coefficient (Wildman–Crippen LogP) is -2.14. The van der Waals surface area contributed by atoms with Gasteiger partial charge in [0, 0.05) is 7.05 Å². The molecule has 0 radical (unpaired) electrons. The van der Waals surface area contributed by atoms with Gasteiger partial charge in [-0.3, -0.25) is 13.9 Å². The quantitative estimate of drug-likeness (QED) is 0.440. The maximum Gasteiger partial charge on any atom is 0.469 e. The first-order valence-corrected chi connectivity index (χ1v) is 8.32. The second kappa shape index (κ2) is 6.01. The Labute approximate surface area is 134 Å². The van der Waals surface area contributed by atoms with Crippen LogP contribution in [0.2, 0.25) is 0 Å². The summed E-state index contributed by atoms with van der Waals surface area (Å²) < 4.78 is 22.9. The van der Waals surface area contributed by atoms with Crippen molar-refractivity contribution in [2.45, 2.75) is 24.5 Å². The Morgan fingerprint density at radius 3 is 2.67 bits per heavy atom. The van der Waals surface area contributed by atoms with Crippen molar-refractivity contribution in [3.63, 3.8) is 0 Å². The Hall–Kier alpha value is -1.66. The molecule has 4 atom stereocenters. The summed E-state index contributed by atoms with van der Waals surface area (Å²) in [4.78, 5) is 37.4. The summed E-state index contributed by atoms with van der Waals surface area (Å²) >= 11 is 0. The molecule has 0 aromatic carbocycles. The lowest BCUT2D eigenvalue weighted by Crippen LogP contribution is -2.33. The third kappa shape index (κ3) is 3.00. The Morgan fingerprint density at radius 2 is 2.00 bits per heavy atom. The third-order valence-corrected chi connectivity index (χ3v) is 4.15. The van der Waals surface area contributed by atoms with E-state index in [1.807, 2.05) is 0 Å². The van der Waals surface area contributed by atoms with E-state index in [1.54, 1.807) is 0 Å². The van der Waals surface area contributed by atoms with Gasteiger partial charge in [-0.2, -0.15) is 0 Å². The average Bonchev–Trinajstić information content (AvgIpc) is 3.04. The molecule has 3 rings (SSSR count). The number of rotatable bonds is 4. The molecule has 1 aliphatic rings. The number of phosphoric acid groups is 1. The number of phosphoric ester groups is 1. The molecule has 132 valence electrons. The maximum absolute atomic E-state index is 12.0. The van der Waals surface area contributed by atoms with Crippen LogP contribution in [0.5, 0.6) is 0 Å². The summed E-state index contributed by atoms with van der Waals surface area (Å²) in [5, 5.41) is 20.1. The van der Waals surface area contributed by atoms with E-state index < -0.39 is 44.5 Å². The van der Waals surface area contributed by atoms with E-state index >= 15 is 0 Å². The number of imidazole rings is 1. The highest BCUT2D eigenvalue weighted by Gasteiger charge is 2.45. The fourth-order valence-corrected chi connectivity index (χ4v) is 2.79. The van der Waals surface area contributed by atoms with Gasteiger partial charge < -0.3 is 29.3 Å². The van der Waals surface area contributed by atoms with Crippen molar-refractivity contribution in [1.82, 2.24) is 19.1 Å². The van der Waals surface area contributed by atoms with Gasteiger partial charge in [0.25, 0.3) is 5.56 Å². The van der Waals surface area contributed by atoms with Crippen LogP contribution in [0.25, 0.3) is 11.2 Å². The van der Waals surface area contributed by atoms with E-state index in [1.165, 1.54) is 28.8 Å². The molecule has 13 heteroatoms. The zero-order valence-corrected chi connectivity index (χ0v) is 13.2. The van der Waals surface area contributed by atoms with E-state index in [-0.39, 0.29) is 11.2 Å². The molecule has 1 fully saturated rings. The second-order valence-corrected chi connectivity index (χ2v) is 6.56. The highest BCUT2D eigenvalue weighted by molar-refractivity contribution is 7.46. The molecule has 3 heterocycles. The van der Waals surface area contributed by atoms with Crippen LogP contribution in [0.15, 0.2) is 17.4 Å². The monoisotopic (exact) mass is 362 g/mol. The highest BCUT2D eigenvalue weighted by Crippen LogP contribution is 2.38. The Kier molecular flexibility index (Phi) is 4.30. The number of aliphatic hydroxyl groups is 2. The lowest BCUT2D eigenvalue weighted by Gasteiger charge is -2.16. The molecular formula is C11H15N4O8P. The number of aromatic nitrogens is 4. The summed E-state index contributed by atoms with van der Waals surface area (Å²) in [6, 6.07) is 0. The Bertz CT molecular complexity index is 859. The lowest BCUT2D eigenvalue weighted by molar-refractivity contribution is -0.0504. The molecule has 0 spiro atoms. The number of hydrogen-bond acceptors (Lipinski definition) is 8. The first-order chi connectivity index (χ1) is 11.2. The summed E-state index contributed by atoms with van der Waals surface area (Å²) in [6.07, 6.45) is -2.71. The minimum atomic E-state index is -4.74. The number of hydrogen-bond donors (Lipinski definition) is 4. The largest absolute Gasteiger partial charge is 0.469 e. The van der Waals surface area contributed by atoms with Crippen LogP contribution in [0, 0.1) is 0 Å². The van der Waals surface area contributed by atoms with Gasteiger partial charge in [-0.15, -0.1) is 0 Å². The van der Waals surface area contributed by atoms with Crippen molar-refractivity contribution in [2.75, 3.05) is 6.61 Å². The minimum absolute atomic E-state index is 0.0557. The van der Waals surface area contributed by atoms with Gasteiger partial charge in [0.2, 0.25) is 0 Å². The molecule has 12 nitrogen and oxygen atoms in total. The van der Waals surface area contributed by atoms with E-state index in [0.29, 0.717) is 0 Å². The fourth-order valence-electron chi connectivity index (χ4n) is 2.45. The first-order valence-electron chi connectivity index (χ1n) is 6.79. The summed E-state index contributed by atoms with van der Waals surface area (Å²) in [5.74, 6) is 0. The number of fused-ring (bicyclic) bond motifs is 1. The smallest absolute Gasteiger partial charge is 0.387 e. The molecule has 1 unspecified atom stereocenters. The SMILES string of the molecule is Cn1cnc2c(ncn2[C@@H]2O[C@H](COP(=O)(O)O)[C@H](O)C2O)c1=O. The number of ether oxygens (including phenoxy) is 1. The zero-order valence-electron chi connectivity index (χ0n) is 12.3. The van der Waals surface area contributed by atoms with E-state index in [4.69, 9.17) is 14.5 Å². The van der Waals surface area contributed by atoms with Crippen molar-refractivity contribution in [1.29, 1.82) is 0 Å². The number of aliphatic hydroxyl groups excluding tert-OH is 2. The summed E-state index contributed by atoms with van der Waals surface area (Å²) in [7, 11) is -3.24. The van der Waals surface area contributed by atoms with Crippen molar-refractivity contribution in [2.24, 2.45) is 7.05 Å². The number of nitrogens with zero attached hydrogens (tertiary/aromatic N) is 4. The Balaban J connectivity index is 1.89. The Morgan fingerprint density at radius 1 is 1.29 bits per heavy atom. The third-order valence-electron chi connectivity index (χ3n) is 3.66. The molecule has 0 amide bonds. The van der Waals surface area contributed by atoms with Crippen molar-refractivity contribution in [3.8, 4) is 0 Å². The van der Waals surface area contributed by atoms with Gasteiger partial charge in [-0.25, -0.2) is 14.5 Å². The van der Waals surface area contributed by atoms with Crippen LogP contribution >= 0.6 is 7.82 Å². The topological polar surface area (TPSA) is 169 Å². The van der Waals surface area contributed by atoms with Gasteiger partial charge in [0.1, 0.15) is 18.3 Å². The average molecular weight is 362 g/mol. The van der Waals surface area contributed by atoms with Crippen LogP contribution in [0.4, 0.5) is 0 Å². The molecule has 24 heavy (non-hydrogen) atoms. The molecule has 1 saturated heterocycles. The minimum Gasteiger partial charge on any atom is -0.387 e. The fraction of sp³-hybridized carbons (Fsp3) is 0.545. The molecule has 2 aromatic rings. The maximum atomic E-state index is 12.0. The molecule has 1 aliphatic heterocycles. The van der Waals surface area contributed by atoms with Crippen molar-refractivity contribution in [3.05, 3.63) is 23.0 Å². The van der Waals surface area contributed by atoms with Crippen LogP contribution in [-0.2, 0) is 20.9 Å². The van der Waals surface area contributed by atoms with E-state index in [2.05, 4.69) is 14.5 Å². The molecule has 0 aliphatic carbocycles. The predicted molar refractivity (Wildman–Crippen MR) is 76.7 cm³/mol. The summed E-state index contributed by atoms with van der Waals surface area (Å²) in [6.45, 7) is -0.624. The van der Waals surface area contributed by atoms with Gasteiger partial charge in [0.15, 0.2) is 17.4 Å². The second-order valence-electron chi connectivity index (χ2n) is 5.32. The molecule has 4 N–H and O–H groups in total. The van der Waals surface area contributed by atoms with Crippen molar-refractivity contribution < 1.29 is 33.8 Å². The van der Waals surface area contributed by atoms with Gasteiger partial charge >= 0.3 is 7.82 Å². The van der Waals surface area contributed by atoms with E-state index in [9.17, 15) is 19.6 Å². The zero-order chi connectivity index (χ0) is 17.6. The van der Waals surface area contributed by atoms with Crippen molar-refractivity contribution >= 4 is 19.0 Å². The highest BCUT2D eigenvalue weighted by atomic mass is 31.2.